The topological polar surface area (TPSA) is 41.6 Å². The molecule has 2 saturated heterocycles. The minimum absolute atomic E-state index is 0.0414. The molecule has 2 aliphatic heterocycles. The lowest BCUT2D eigenvalue weighted by Crippen LogP contribution is -2.63. The van der Waals surface area contributed by atoms with Gasteiger partial charge in [0.2, 0.25) is 0 Å². The lowest BCUT2D eigenvalue weighted by Gasteiger charge is -2.45. The van der Waals surface area contributed by atoms with Crippen LogP contribution in [0, 0.1) is 0 Å². The Labute approximate surface area is 116 Å². The second kappa shape index (κ2) is 5.80. The molecule has 0 aromatic rings. The van der Waals surface area contributed by atoms with Gasteiger partial charge in [-0.1, -0.05) is 6.92 Å². The van der Waals surface area contributed by atoms with Gasteiger partial charge >= 0.3 is 5.97 Å². The van der Waals surface area contributed by atoms with Crippen LogP contribution >= 0.6 is 0 Å². The van der Waals surface area contributed by atoms with E-state index in [1.54, 1.807) is 0 Å². The Balaban J connectivity index is 2.18. The number of fused-ring (bicyclic) bond motifs is 2. The maximum atomic E-state index is 12.5. The van der Waals surface area contributed by atoms with E-state index in [4.69, 9.17) is 4.74 Å². The van der Waals surface area contributed by atoms with Crippen molar-refractivity contribution in [3.63, 3.8) is 0 Å². The lowest BCUT2D eigenvalue weighted by atomic mass is 9.82. The first-order valence-corrected chi connectivity index (χ1v) is 7.69. The number of ether oxygens (including phenoxy) is 1. The molecule has 0 radical (unpaired) electrons. The summed E-state index contributed by atoms with van der Waals surface area (Å²) in [6.45, 7) is 6.66. The number of nitrogens with one attached hydrogen (secondary N) is 1. The monoisotopic (exact) mass is 268 g/mol. The number of piperidine rings is 1. The molecule has 0 aromatic carbocycles. The van der Waals surface area contributed by atoms with Crippen LogP contribution in [0.25, 0.3) is 0 Å². The van der Waals surface area contributed by atoms with E-state index in [-0.39, 0.29) is 5.97 Å². The number of rotatable bonds is 5. The molecule has 110 valence electrons. The molecule has 2 heterocycles. The van der Waals surface area contributed by atoms with Gasteiger partial charge in [0.25, 0.3) is 0 Å². The number of carbonyl (C=O) groups is 1. The second-order valence-corrected chi connectivity index (χ2v) is 6.21. The van der Waals surface area contributed by atoms with Crippen LogP contribution < -0.4 is 5.32 Å². The minimum Gasteiger partial charge on any atom is -0.465 e. The van der Waals surface area contributed by atoms with Crippen molar-refractivity contribution >= 4 is 5.97 Å². The molecule has 19 heavy (non-hydrogen) atoms. The quantitative estimate of drug-likeness (QED) is 0.774. The van der Waals surface area contributed by atoms with Crippen molar-refractivity contribution in [1.29, 1.82) is 0 Å². The minimum atomic E-state index is -0.455. The Morgan fingerprint density at radius 2 is 1.95 bits per heavy atom. The zero-order valence-corrected chi connectivity index (χ0v) is 12.7. The summed E-state index contributed by atoms with van der Waals surface area (Å²) in [4.78, 5) is 14.9. The molecule has 4 heteroatoms. The molecule has 2 bridgehead atoms. The van der Waals surface area contributed by atoms with Gasteiger partial charge in [0, 0.05) is 18.1 Å². The molecule has 0 aromatic heterocycles. The fourth-order valence-electron chi connectivity index (χ4n) is 3.66. The highest BCUT2D eigenvalue weighted by Crippen LogP contribution is 2.40. The summed E-state index contributed by atoms with van der Waals surface area (Å²) in [5.74, 6) is -0.0414. The zero-order chi connectivity index (χ0) is 14.0. The fourth-order valence-corrected chi connectivity index (χ4v) is 3.66. The van der Waals surface area contributed by atoms with Gasteiger partial charge in [0.15, 0.2) is 0 Å². The van der Waals surface area contributed by atoms with Crippen molar-refractivity contribution in [3.05, 3.63) is 0 Å². The molecule has 2 fully saturated rings. The number of hydrogen-bond donors (Lipinski definition) is 1. The molecule has 3 unspecified atom stereocenters. The molecular formula is C15H28N2O2. The number of carbonyl (C=O) groups excluding carboxylic acids is 1. The fraction of sp³-hybridized carbons (Fsp3) is 0.933. The molecule has 0 saturated carbocycles. The average molecular weight is 268 g/mol. The third-order valence-corrected chi connectivity index (χ3v) is 4.95. The van der Waals surface area contributed by atoms with Crippen LogP contribution in [0.3, 0.4) is 0 Å². The van der Waals surface area contributed by atoms with Crippen molar-refractivity contribution in [1.82, 2.24) is 10.2 Å². The van der Waals surface area contributed by atoms with E-state index in [1.807, 2.05) is 6.92 Å². The molecule has 0 aliphatic carbocycles. The molecule has 0 amide bonds. The first kappa shape index (κ1) is 14.8. The maximum absolute atomic E-state index is 12.5. The van der Waals surface area contributed by atoms with Crippen molar-refractivity contribution in [2.75, 3.05) is 13.7 Å². The van der Waals surface area contributed by atoms with Crippen LogP contribution in [0.4, 0.5) is 0 Å². The van der Waals surface area contributed by atoms with E-state index in [9.17, 15) is 4.79 Å². The number of hydrogen-bond acceptors (Lipinski definition) is 4. The molecule has 4 nitrogen and oxygen atoms in total. The van der Waals surface area contributed by atoms with Crippen LogP contribution in [-0.4, -0.2) is 48.2 Å². The van der Waals surface area contributed by atoms with Crippen LogP contribution in [0.15, 0.2) is 0 Å². The highest BCUT2D eigenvalue weighted by molar-refractivity contribution is 5.81. The summed E-state index contributed by atoms with van der Waals surface area (Å²) in [7, 11) is 2.20. The van der Waals surface area contributed by atoms with E-state index in [0.29, 0.717) is 24.7 Å². The molecule has 3 atom stereocenters. The summed E-state index contributed by atoms with van der Waals surface area (Å²) >= 11 is 0. The van der Waals surface area contributed by atoms with Gasteiger partial charge in [0.05, 0.1) is 6.61 Å². The Kier molecular flexibility index (Phi) is 4.51. The van der Waals surface area contributed by atoms with Crippen LogP contribution in [0.5, 0.6) is 0 Å². The van der Waals surface area contributed by atoms with Crippen LogP contribution in [0.2, 0.25) is 0 Å². The Morgan fingerprint density at radius 3 is 2.42 bits per heavy atom. The van der Waals surface area contributed by atoms with E-state index >= 15 is 0 Å². The lowest BCUT2D eigenvalue weighted by molar-refractivity contribution is -0.155. The van der Waals surface area contributed by atoms with Gasteiger partial charge in [-0.25, -0.2) is 0 Å². The predicted molar refractivity (Wildman–Crippen MR) is 76.1 cm³/mol. The smallest absolute Gasteiger partial charge is 0.326 e. The number of nitrogens with zero attached hydrogens (tertiary/aromatic N) is 1. The van der Waals surface area contributed by atoms with Gasteiger partial charge in [-0.3, -0.25) is 10.1 Å². The average Bonchev–Trinajstić information content (AvgIpc) is 2.63. The van der Waals surface area contributed by atoms with Gasteiger partial charge in [-0.05, 0) is 53.0 Å². The SMILES string of the molecule is CCOC(=O)C1(NC(C)CC)CC2CCC(C1)N2C. The maximum Gasteiger partial charge on any atom is 0.326 e. The summed E-state index contributed by atoms with van der Waals surface area (Å²) < 4.78 is 5.37. The van der Waals surface area contributed by atoms with Crippen molar-refractivity contribution < 1.29 is 9.53 Å². The predicted octanol–water partition coefficient (Wildman–Crippen LogP) is 1.93. The van der Waals surface area contributed by atoms with Gasteiger partial charge in [0.1, 0.15) is 5.54 Å². The summed E-state index contributed by atoms with van der Waals surface area (Å²) in [6, 6.07) is 1.41. The van der Waals surface area contributed by atoms with E-state index in [0.717, 1.165) is 19.3 Å². The largest absolute Gasteiger partial charge is 0.465 e. The summed E-state index contributed by atoms with van der Waals surface area (Å²) in [5, 5.41) is 3.59. The number of esters is 1. The Hall–Kier alpha value is -0.610. The molecule has 0 spiro atoms. The van der Waals surface area contributed by atoms with Gasteiger partial charge in [-0.2, -0.15) is 0 Å². The normalized spacial score (nSPS) is 36.2. The van der Waals surface area contributed by atoms with Gasteiger partial charge < -0.3 is 9.64 Å². The summed E-state index contributed by atoms with van der Waals surface area (Å²) in [6.07, 6.45) is 5.24. The van der Waals surface area contributed by atoms with E-state index in [1.165, 1.54) is 12.8 Å². The molecule has 2 aliphatic rings. The van der Waals surface area contributed by atoms with Crippen LogP contribution in [-0.2, 0) is 9.53 Å². The van der Waals surface area contributed by atoms with E-state index < -0.39 is 5.54 Å². The van der Waals surface area contributed by atoms with E-state index in [2.05, 4.69) is 31.1 Å². The Bertz CT molecular complexity index is 318. The first-order valence-electron chi connectivity index (χ1n) is 7.69. The molecule has 2 rings (SSSR count). The van der Waals surface area contributed by atoms with Crippen molar-refractivity contribution in [3.8, 4) is 0 Å². The van der Waals surface area contributed by atoms with Gasteiger partial charge in [-0.15, -0.1) is 0 Å². The highest BCUT2D eigenvalue weighted by Gasteiger charge is 2.52. The van der Waals surface area contributed by atoms with Crippen LogP contribution in [0.1, 0.15) is 52.9 Å². The standard InChI is InChI=1S/C15H28N2O2/c1-5-11(3)16-15(14(18)19-6-2)9-12-7-8-13(10-15)17(12)4/h11-13,16H,5-10H2,1-4H3. The second-order valence-electron chi connectivity index (χ2n) is 6.21. The summed E-state index contributed by atoms with van der Waals surface area (Å²) in [5.41, 5.74) is -0.455. The highest BCUT2D eigenvalue weighted by atomic mass is 16.5. The third kappa shape index (κ3) is 2.79. The third-order valence-electron chi connectivity index (χ3n) is 4.95. The first-order chi connectivity index (χ1) is 9.02. The molecule has 1 N–H and O–H groups in total. The van der Waals surface area contributed by atoms with Crippen molar-refractivity contribution in [2.24, 2.45) is 0 Å². The Morgan fingerprint density at radius 1 is 1.37 bits per heavy atom. The zero-order valence-electron chi connectivity index (χ0n) is 12.7. The van der Waals surface area contributed by atoms with Crippen molar-refractivity contribution in [2.45, 2.75) is 76.5 Å². The molecular weight excluding hydrogens is 240 g/mol.